The Morgan fingerprint density at radius 2 is 1.36 bits per heavy atom. The molecule has 14 heavy (non-hydrogen) atoms. The molecule has 0 atom stereocenters. The summed E-state index contributed by atoms with van der Waals surface area (Å²) >= 11 is 0. The van der Waals surface area contributed by atoms with Gasteiger partial charge in [0.2, 0.25) is 0 Å². The van der Waals surface area contributed by atoms with Crippen molar-refractivity contribution in [1.82, 2.24) is 0 Å². The first kappa shape index (κ1) is 19.4. The second-order valence-corrected chi connectivity index (χ2v) is 3.39. The summed E-state index contributed by atoms with van der Waals surface area (Å²) in [6, 6.07) is 4.60. The molecular weight excluding hydrogens is 223 g/mol. The summed E-state index contributed by atoms with van der Waals surface area (Å²) in [5, 5.41) is 8.75. The third-order valence-corrected chi connectivity index (χ3v) is 2.00. The van der Waals surface area contributed by atoms with Crippen LogP contribution < -0.4 is 0 Å². The molecule has 0 saturated carbocycles. The number of rotatable bonds is 1. The van der Waals surface area contributed by atoms with Crippen LogP contribution in [0.2, 0.25) is 0 Å². The molecule has 1 aromatic rings. The van der Waals surface area contributed by atoms with Gasteiger partial charge in [0.25, 0.3) is 10.1 Å². The van der Waals surface area contributed by atoms with Crippen LogP contribution in [0.1, 0.15) is 0 Å². The van der Waals surface area contributed by atoms with E-state index in [1.165, 1.54) is 12.1 Å². The Bertz CT molecular complexity index is 345. The molecule has 0 aliphatic carbocycles. The molecule has 0 saturated heterocycles. The van der Waals surface area contributed by atoms with Crippen molar-refractivity contribution in [3.8, 4) is 5.75 Å². The van der Waals surface area contributed by atoms with Crippen molar-refractivity contribution in [3.05, 3.63) is 24.3 Å². The molecule has 0 aromatic heterocycles. The Morgan fingerprint density at radius 1 is 1.00 bits per heavy atom. The van der Waals surface area contributed by atoms with E-state index in [-0.39, 0.29) is 51.2 Å². The van der Waals surface area contributed by atoms with Crippen molar-refractivity contribution in [1.29, 1.82) is 0 Å². The van der Waals surface area contributed by atoms with E-state index < -0.39 is 10.1 Å². The van der Waals surface area contributed by atoms with Crippen LogP contribution in [-0.4, -0.2) is 58.6 Å². The number of aromatic hydroxyl groups is 1. The maximum absolute atomic E-state index is 10.4. The van der Waals surface area contributed by atoms with Crippen LogP contribution in [0.15, 0.2) is 29.2 Å². The first-order valence-electron chi connectivity index (χ1n) is 2.77. The average Bonchev–Trinajstić information content (AvgIpc) is 1.86. The third-order valence-electron chi connectivity index (χ3n) is 1.13. The zero-order chi connectivity index (χ0) is 8.48. The molecule has 1 aromatic carbocycles. The molecular formula is C6H11NaO6S. The minimum atomic E-state index is -4.13. The minimum absolute atomic E-state index is 0. The number of hydrogen-bond donors (Lipinski definition) is 2. The summed E-state index contributed by atoms with van der Waals surface area (Å²) in [6.07, 6.45) is 0. The van der Waals surface area contributed by atoms with Gasteiger partial charge in [0, 0.05) is 0 Å². The summed E-state index contributed by atoms with van der Waals surface area (Å²) < 4.78 is 29.3. The van der Waals surface area contributed by atoms with Crippen molar-refractivity contribution in [2.24, 2.45) is 0 Å². The fourth-order valence-corrected chi connectivity index (χ4v) is 1.10. The van der Waals surface area contributed by atoms with Gasteiger partial charge >= 0.3 is 29.6 Å². The van der Waals surface area contributed by atoms with Gasteiger partial charge in [0.1, 0.15) is 5.75 Å². The molecule has 0 spiro atoms. The third kappa shape index (κ3) is 5.55. The van der Waals surface area contributed by atoms with Crippen LogP contribution in [0.25, 0.3) is 0 Å². The standard InChI is InChI=1S/C6H6O4S.Na.2H2O.H/c7-5-1-3-6(4-2-5)11(8,9)10;;;;/h1-4,7H,(H,8,9,10);;2*1H2;. The van der Waals surface area contributed by atoms with Crippen molar-refractivity contribution in [2.75, 3.05) is 0 Å². The first-order valence-corrected chi connectivity index (χ1v) is 4.21. The monoisotopic (exact) mass is 234 g/mol. The van der Waals surface area contributed by atoms with Crippen LogP contribution in [0.4, 0.5) is 0 Å². The van der Waals surface area contributed by atoms with Crippen LogP contribution in [0.5, 0.6) is 5.75 Å². The summed E-state index contributed by atoms with van der Waals surface area (Å²) in [5.74, 6) is -0.0441. The first-order chi connectivity index (χ1) is 5.00. The number of phenolic OH excluding ortho intramolecular Hbond substituents is 1. The Kier molecular flexibility index (Phi) is 9.97. The van der Waals surface area contributed by atoms with Crippen LogP contribution in [-0.2, 0) is 10.1 Å². The number of benzene rings is 1. The van der Waals surface area contributed by atoms with Gasteiger partial charge in [-0.15, -0.1) is 0 Å². The van der Waals surface area contributed by atoms with E-state index in [0.717, 1.165) is 12.1 Å². The average molecular weight is 234 g/mol. The number of phenols is 1. The zero-order valence-corrected chi connectivity index (χ0v) is 7.25. The van der Waals surface area contributed by atoms with Crippen LogP contribution in [0.3, 0.4) is 0 Å². The summed E-state index contributed by atoms with van der Waals surface area (Å²) in [7, 11) is -4.13. The van der Waals surface area contributed by atoms with Crippen LogP contribution >= 0.6 is 0 Å². The molecule has 78 valence electrons. The normalized spacial score (nSPS) is 8.93. The predicted molar refractivity (Wildman–Crippen MR) is 52.3 cm³/mol. The van der Waals surface area contributed by atoms with E-state index in [2.05, 4.69) is 0 Å². The second kappa shape index (κ2) is 7.18. The Morgan fingerprint density at radius 3 is 1.64 bits per heavy atom. The van der Waals surface area contributed by atoms with Crippen molar-refractivity contribution >= 4 is 39.7 Å². The molecule has 0 unspecified atom stereocenters. The maximum atomic E-state index is 10.4. The second-order valence-electron chi connectivity index (χ2n) is 1.97. The molecule has 0 fully saturated rings. The fourth-order valence-electron chi connectivity index (χ4n) is 0.618. The Labute approximate surface area is 103 Å². The van der Waals surface area contributed by atoms with Gasteiger partial charge in [0.05, 0.1) is 4.90 Å². The van der Waals surface area contributed by atoms with E-state index in [1.54, 1.807) is 0 Å². The van der Waals surface area contributed by atoms with Crippen molar-refractivity contribution < 1.29 is 29.0 Å². The van der Waals surface area contributed by atoms with Crippen molar-refractivity contribution in [2.45, 2.75) is 4.90 Å². The van der Waals surface area contributed by atoms with Gasteiger partial charge in [-0.05, 0) is 24.3 Å². The van der Waals surface area contributed by atoms with Gasteiger partial charge in [-0.25, -0.2) is 0 Å². The molecule has 6 nitrogen and oxygen atoms in total. The van der Waals surface area contributed by atoms with E-state index in [1.807, 2.05) is 0 Å². The van der Waals surface area contributed by atoms with E-state index in [9.17, 15) is 8.42 Å². The van der Waals surface area contributed by atoms with Gasteiger partial charge in [-0.1, -0.05) is 0 Å². The molecule has 0 radical (unpaired) electrons. The topological polar surface area (TPSA) is 138 Å². The van der Waals surface area contributed by atoms with E-state index >= 15 is 0 Å². The van der Waals surface area contributed by atoms with E-state index in [4.69, 9.17) is 9.66 Å². The SMILES string of the molecule is O.O.O=S(=O)(O)c1ccc(O)cc1.[NaH]. The van der Waals surface area contributed by atoms with Crippen molar-refractivity contribution in [3.63, 3.8) is 0 Å². The van der Waals surface area contributed by atoms with Gasteiger partial charge in [0.15, 0.2) is 0 Å². The summed E-state index contributed by atoms with van der Waals surface area (Å²) in [4.78, 5) is -0.227. The molecule has 0 bridgehead atoms. The molecule has 1 rings (SSSR count). The van der Waals surface area contributed by atoms with Gasteiger partial charge < -0.3 is 16.1 Å². The molecule has 0 amide bonds. The van der Waals surface area contributed by atoms with E-state index in [0.29, 0.717) is 0 Å². The van der Waals surface area contributed by atoms with Gasteiger partial charge in [-0.3, -0.25) is 4.55 Å². The summed E-state index contributed by atoms with van der Waals surface area (Å²) in [5.41, 5.74) is 0. The molecule has 8 heteroatoms. The Hall–Kier alpha value is -0.150. The molecule has 0 aliphatic rings. The molecule has 0 heterocycles. The quantitative estimate of drug-likeness (QED) is 0.443. The summed E-state index contributed by atoms with van der Waals surface area (Å²) in [6.45, 7) is 0. The van der Waals surface area contributed by atoms with Crippen LogP contribution in [0, 0.1) is 0 Å². The number of hydrogen-bond acceptors (Lipinski definition) is 3. The zero-order valence-electron chi connectivity index (χ0n) is 6.43. The Balaban J connectivity index is -0.000000403. The predicted octanol–water partition coefficient (Wildman–Crippen LogP) is -1.66. The van der Waals surface area contributed by atoms with Gasteiger partial charge in [-0.2, -0.15) is 8.42 Å². The molecule has 0 aliphatic heterocycles. The molecule has 6 N–H and O–H groups in total. The fraction of sp³-hybridized carbons (Fsp3) is 0.